The molecule has 0 unspecified atom stereocenters. The molecule has 60 valence electrons. The normalized spacial score (nSPS) is 10.1. The van der Waals surface area contributed by atoms with Gasteiger partial charge in [0, 0.05) is 18.6 Å². The number of pyridine rings is 1. The molecule has 0 bridgehead atoms. The van der Waals surface area contributed by atoms with Crippen molar-refractivity contribution < 1.29 is 0 Å². The highest BCUT2D eigenvalue weighted by Gasteiger charge is 1.94. The maximum atomic E-state index is 5.69. The van der Waals surface area contributed by atoms with Crippen LogP contribution in [0.15, 0.2) is 37.1 Å². The van der Waals surface area contributed by atoms with E-state index >= 15 is 0 Å². The highest BCUT2D eigenvalue weighted by molar-refractivity contribution is 6.30. The van der Waals surface area contributed by atoms with Gasteiger partial charge in [-0.3, -0.25) is 4.57 Å². The van der Waals surface area contributed by atoms with Crippen LogP contribution < -0.4 is 0 Å². The number of rotatable bonds is 1. The van der Waals surface area contributed by atoms with E-state index in [0.717, 1.165) is 5.82 Å². The summed E-state index contributed by atoms with van der Waals surface area (Å²) in [5, 5.41) is 0.638. The Hall–Kier alpha value is -1.35. The summed E-state index contributed by atoms with van der Waals surface area (Å²) in [5.41, 5.74) is 0. The van der Waals surface area contributed by atoms with Crippen molar-refractivity contribution in [3.05, 3.63) is 42.1 Å². The van der Waals surface area contributed by atoms with Gasteiger partial charge >= 0.3 is 0 Å². The van der Waals surface area contributed by atoms with Crippen LogP contribution in [0.25, 0.3) is 5.82 Å². The molecule has 12 heavy (non-hydrogen) atoms. The van der Waals surface area contributed by atoms with E-state index in [2.05, 4.69) is 9.97 Å². The van der Waals surface area contributed by atoms with Crippen LogP contribution in [0, 0.1) is 0 Å². The van der Waals surface area contributed by atoms with Crippen LogP contribution in [0.4, 0.5) is 0 Å². The zero-order valence-corrected chi connectivity index (χ0v) is 6.94. The van der Waals surface area contributed by atoms with Crippen molar-refractivity contribution in [3.63, 3.8) is 0 Å². The van der Waals surface area contributed by atoms with Gasteiger partial charge in [-0.25, -0.2) is 9.97 Å². The third-order valence-electron chi connectivity index (χ3n) is 1.48. The van der Waals surface area contributed by atoms with E-state index in [1.54, 1.807) is 24.8 Å². The Bertz CT molecular complexity index is 352. The molecule has 2 aromatic heterocycles. The molecular weight excluding hydrogens is 174 g/mol. The van der Waals surface area contributed by atoms with E-state index < -0.39 is 0 Å². The molecule has 0 aliphatic heterocycles. The van der Waals surface area contributed by atoms with Gasteiger partial charge in [0.25, 0.3) is 0 Å². The zero-order chi connectivity index (χ0) is 8.39. The molecule has 0 atom stereocenters. The van der Waals surface area contributed by atoms with Crippen LogP contribution in [0.1, 0.15) is 0 Å². The largest absolute Gasteiger partial charge is 0.291 e. The predicted molar refractivity (Wildman–Crippen MR) is 46.4 cm³/mol. The first-order valence-electron chi connectivity index (χ1n) is 3.46. The first-order valence-corrected chi connectivity index (χ1v) is 3.84. The van der Waals surface area contributed by atoms with E-state index in [1.165, 1.54) is 0 Å². The Morgan fingerprint density at radius 3 is 2.83 bits per heavy atom. The summed E-state index contributed by atoms with van der Waals surface area (Å²) in [6, 6.07) is 3.63. The molecule has 0 fully saturated rings. The van der Waals surface area contributed by atoms with Crippen LogP contribution in [-0.2, 0) is 0 Å². The minimum Gasteiger partial charge on any atom is -0.291 e. The van der Waals surface area contributed by atoms with E-state index in [-0.39, 0.29) is 0 Å². The summed E-state index contributed by atoms with van der Waals surface area (Å²) in [4.78, 5) is 8.02. The fraction of sp³-hybridized carbons (Fsp3) is 0. The average Bonchev–Trinajstić information content (AvgIpc) is 2.58. The zero-order valence-electron chi connectivity index (χ0n) is 6.18. The molecule has 0 amide bonds. The summed E-state index contributed by atoms with van der Waals surface area (Å²) in [7, 11) is 0. The maximum absolute atomic E-state index is 5.69. The maximum Gasteiger partial charge on any atom is 0.137 e. The molecule has 2 rings (SSSR count). The number of nitrogens with zero attached hydrogens (tertiary/aromatic N) is 3. The Morgan fingerprint density at radius 1 is 1.33 bits per heavy atom. The Kier molecular flexibility index (Phi) is 1.80. The number of hydrogen-bond acceptors (Lipinski definition) is 2. The molecule has 0 aliphatic rings. The molecule has 0 N–H and O–H groups in total. The SMILES string of the molecule is Clc1ccc(-n2ccnc2)nc1. The molecule has 2 aromatic rings. The fourth-order valence-corrected chi connectivity index (χ4v) is 1.03. The summed E-state index contributed by atoms with van der Waals surface area (Å²) in [6.07, 6.45) is 6.83. The van der Waals surface area contributed by atoms with Crippen molar-refractivity contribution in [1.29, 1.82) is 0 Å². The van der Waals surface area contributed by atoms with E-state index in [0.29, 0.717) is 5.02 Å². The molecule has 0 aromatic carbocycles. The quantitative estimate of drug-likeness (QED) is 0.670. The van der Waals surface area contributed by atoms with Gasteiger partial charge in [-0.2, -0.15) is 0 Å². The third-order valence-corrected chi connectivity index (χ3v) is 1.70. The van der Waals surface area contributed by atoms with E-state index in [4.69, 9.17) is 11.6 Å². The monoisotopic (exact) mass is 179 g/mol. The summed E-state index contributed by atoms with van der Waals surface area (Å²) >= 11 is 5.69. The fourth-order valence-electron chi connectivity index (χ4n) is 0.915. The number of aromatic nitrogens is 3. The molecule has 2 heterocycles. The predicted octanol–water partition coefficient (Wildman–Crippen LogP) is 1.92. The van der Waals surface area contributed by atoms with E-state index in [9.17, 15) is 0 Å². The second-order valence-corrected chi connectivity index (χ2v) is 2.74. The van der Waals surface area contributed by atoms with Gasteiger partial charge in [-0.1, -0.05) is 11.6 Å². The minimum absolute atomic E-state index is 0.638. The first-order chi connectivity index (χ1) is 5.86. The minimum atomic E-state index is 0.638. The van der Waals surface area contributed by atoms with Crippen molar-refractivity contribution in [2.24, 2.45) is 0 Å². The third kappa shape index (κ3) is 1.31. The molecule has 0 aliphatic carbocycles. The van der Waals surface area contributed by atoms with Gasteiger partial charge in [-0.05, 0) is 12.1 Å². The molecule has 0 radical (unpaired) electrons. The summed E-state index contributed by atoms with van der Waals surface area (Å²) in [6.45, 7) is 0. The molecule has 0 spiro atoms. The van der Waals surface area contributed by atoms with Crippen molar-refractivity contribution in [2.75, 3.05) is 0 Å². The number of hydrogen-bond donors (Lipinski definition) is 0. The van der Waals surface area contributed by atoms with Gasteiger partial charge in [0.05, 0.1) is 5.02 Å². The highest BCUT2D eigenvalue weighted by atomic mass is 35.5. The standard InChI is InChI=1S/C8H6ClN3/c9-7-1-2-8(11-5-7)12-4-3-10-6-12/h1-6H. The van der Waals surface area contributed by atoms with Crippen molar-refractivity contribution >= 4 is 11.6 Å². The molecule has 0 saturated heterocycles. The smallest absolute Gasteiger partial charge is 0.137 e. The van der Waals surface area contributed by atoms with Gasteiger partial charge in [0.15, 0.2) is 0 Å². The second kappa shape index (κ2) is 2.95. The molecule has 4 heteroatoms. The first kappa shape index (κ1) is 7.31. The van der Waals surface area contributed by atoms with Crippen LogP contribution in [0.2, 0.25) is 5.02 Å². The van der Waals surface area contributed by atoms with Crippen LogP contribution in [0.3, 0.4) is 0 Å². The Balaban J connectivity index is 2.43. The number of halogens is 1. The van der Waals surface area contributed by atoms with Gasteiger partial charge in [-0.15, -0.1) is 0 Å². The van der Waals surface area contributed by atoms with Crippen LogP contribution in [0.5, 0.6) is 0 Å². The van der Waals surface area contributed by atoms with Crippen LogP contribution >= 0.6 is 11.6 Å². The van der Waals surface area contributed by atoms with Crippen molar-refractivity contribution in [2.45, 2.75) is 0 Å². The molecule has 0 saturated carbocycles. The lowest BCUT2D eigenvalue weighted by Crippen LogP contribution is -1.92. The van der Waals surface area contributed by atoms with Gasteiger partial charge in [0.2, 0.25) is 0 Å². The Labute approximate surface area is 74.7 Å². The van der Waals surface area contributed by atoms with Gasteiger partial charge < -0.3 is 0 Å². The van der Waals surface area contributed by atoms with Crippen molar-refractivity contribution in [1.82, 2.24) is 14.5 Å². The van der Waals surface area contributed by atoms with Gasteiger partial charge in [0.1, 0.15) is 12.1 Å². The Morgan fingerprint density at radius 2 is 2.25 bits per heavy atom. The molecule has 3 nitrogen and oxygen atoms in total. The second-order valence-electron chi connectivity index (χ2n) is 2.30. The lowest BCUT2D eigenvalue weighted by molar-refractivity contribution is 0.993. The van der Waals surface area contributed by atoms with E-state index in [1.807, 2.05) is 16.8 Å². The van der Waals surface area contributed by atoms with Crippen molar-refractivity contribution in [3.8, 4) is 5.82 Å². The highest BCUT2D eigenvalue weighted by Crippen LogP contribution is 2.08. The number of imidazole rings is 1. The lowest BCUT2D eigenvalue weighted by atomic mass is 10.4. The lowest BCUT2D eigenvalue weighted by Gasteiger charge is -1.98. The molecular formula is C8H6ClN3. The summed E-state index contributed by atoms with van der Waals surface area (Å²) < 4.78 is 1.82. The average molecular weight is 180 g/mol. The summed E-state index contributed by atoms with van der Waals surface area (Å²) in [5.74, 6) is 0.817. The topological polar surface area (TPSA) is 30.7 Å². The van der Waals surface area contributed by atoms with Crippen LogP contribution in [-0.4, -0.2) is 14.5 Å².